The first kappa shape index (κ1) is 14.1. The molecule has 0 bridgehead atoms. The van der Waals surface area contributed by atoms with Gasteiger partial charge in [-0.2, -0.15) is 0 Å². The smallest absolute Gasteiger partial charge is 0.119 e. The van der Waals surface area contributed by atoms with Gasteiger partial charge in [0.2, 0.25) is 0 Å². The van der Waals surface area contributed by atoms with E-state index in [9.17, 15) is 0 Å². The highest BCUT2D eigenvalue weighted by Crippen LogP contribution is 2.32. The molecule has 0 saturated carbocycles. The van der Waals surface area contributed by atoms with Crippen molar-refractivity contribution in [3.8, 4) is 5.75 Å². The zero-order valence-corrected chi connectivity index (χ0v) is 12.5. The first-order chi connectivity index (χ1) is 10.4. The standard InChI is InChI=1S/C18H22N2O/c1-19-18-6-2-5-15-7-8-16(12-17(15)18)21-11-9-14-4-3-10-20-13-14/h3-4,7-8,10,12-13,18-19H,2,5-6,9,11H2,1H3. The highest BCUT2D eigenvalue weighted by atomic mass is 16.5. The lowest BCUT2D eigenvalue weighted by Crippen LogP contribution is -2.21. The Hall–Kier alpha value is -1.87. The molecular weight excluding hydrogens is 260 g/mol. The molecule has 0 amide bonds. The van der Waals surface area contributed by atoms with Gasteiger partial charge in [-0.15, -0.1) is 0 Å². The molecule has 110 valence electrons. The van der Waals surface area contributed by atoms with Crippen molar-refractivity contribution < 1.29 is 4.74 Å². The molecule has 1 aromatic heterocycles. The number of fused-ring (bicyclic) bond motifs is 1. The zero-order valence-electron chi connectivity index (χ0n) is 12.5. The first-order valence-electron chi connectivity index (χ1n) is 7.68. The quantitative estimate of drug-likeness (QED) is 0.913. The van der Waals surface area contributed by atoms with Crippen LogP contribution in [0.25, 0.3) is 0 Å². The predicted molar refractivity (Wildman–Crippen MR) is 84.6 cm³/mol. The van der Waals surface area contributed by atoms with Gasteiger partial charge in [0.05, 0.1) is 6.61 Å². The Bertz CT molecular complexity index is 583. The third-order valence-electron chi connectivity index (χ3n) is 4.16. The number of rotatable bonds is 5. The van der Waals surface area contributed by atoms with Gasteiger partial charge in [-0.3, -0.25) is 4.98 Å². The van der Waals surface area contributed by atoms with Gasteiger partial charge in [0.15, 0.2) is 0 Å². The summed E-state index contributed by atoms with van der Waals surface area (Å²) in [5.74, 6) is 0.972. The highest BCUT2D eigenvalue weighted by Gasteiger charge is 2.19. The van der Waals surface area contributed by atoms with Crippen LogP contribution in [0.5, 0.6) is 5.75 Å². The van der Waals surface area contributed by atoms with Gasteiger partial charge in [0, 0.05) is 24.9 Å². The molecule has 21 heavy (non-hydrogen) atoms. The van der Waals surface area contributed by atoms with Gasteiger partial charge in [0.25, 0.3) is 0 Å². The maximum absolute atomic E-state index is 5.91. The van der Waals surface area contributed by atoms with Gasteiger partial charge in [-0.05, 0) is 61.2 Å². The van der Waals surface area contributed by atoms with Crippen molar-refractivity contribution in [1.29, 1.82) is 0 Å². The molecule has 1 aromatic carbocycles. The highest BCUT2D eigenvalue weighted by molar-refractivity contribution is 5.39. The third-order valence-corrected chi connectivity index (χ3v) is 4.16. The zero-order chi connectivity index (χ0) is 14.5. The molecule has 1 atom stereocenters. The Labute approximate surface area is 126 Å². The molecule has 1 aliphatic carbocycles. The molecule has 3 heteroatoms. The lowest BCUT2D eigenvalue weighted by molar-refractivity contribution is 0.320. The second-order valence-corrected chi connectivity index (χ2v) is 5.55. The number of hydrogen-bond donors (Lipinski definition) is 1. The van der Waals surface area contributed by atoms with E-state index in [1.807, 2.05) is 19.3 Å². The number of nitrogens with zero attached hydrogens (tertiary/aromatic N) is 1. The second kappa shape index (κ2) is 6.72. The molecule has 0 radical (unpaired) electrons. The van der Waals surface area contributed by atoms with Crippen molar-refractivity contribution >= 4 is 0 Å². The molecule has 1 unspecified atom stereocenters. The lowest BCUT2D eigenvalue weighted by Gasteiger charge is -2.25. The Kier molecular flexibility index (Phi) is 4.51. The molecule has 1 aliphatic rings. The Morgan fingerprint density at radius 1 is 1.33 bits per heavy atom. The normalized spacial score (nSPS) is 17.3. The molecule has 3 rings (SSSR count). The fraction of sp³-hybridized carbons (Fsp3) is 0.389. The number of ether oxygens (including phenoxy) is 1. The Balaban J connectivity index is 1.64. The maximum Gasteiger partial charge on any atom is 0.119 e. The van der Waals surface area contributed by atoms with Crippen LogP contribution in [0.4, 0.5) is 0 Å². The molecule has 0 saturated heterocycles. The van der Waals surface area contributed by atoms with Crippen molar-refractivity contribution in [2.75, 3.05) is 13.7 Å². The van der Waals surface area contributed by atoms with E-state index in [1.54, 1.807) is 6.20 Å². The SMILES string of the molecule is CNC1CCCc2ccc(OCCc3cccnc3)cc21. The minimum absolute atomic E-state index is 0.468. The number of aryl methyl sites for hydroxylation is 1. The number of benzene rings is 1. The average molecular weight is 282 g/mol. The summed E-state index contributed by atoms with van der Waals surface area (Å²) in [7, 11) is 2.04. The number of hydrogen-bond acceptors (Lipinski definition) is 3. The van der Waals surface area contributed by atoms with E-state index in [1.165, 1.54) is 36.0 Å². The third kappa shape index (κ3) is 3.42. The summed E-state index contributed by atoms with van der Waals surface area (Å²) in [6, 6.07) is 11.0. The summed E-state index contributed by atoms with van der Waals surface area (Å²) in [6.07, 6.45) is 8.24. The fourth-order valence-electron chi connectivity index (χ4n) is 3.00. The summed E-state index contributed by atoms with van der Waals surface area (Å²) < 4.78 is 5.91. The Morgan fingerprint density at radius 2 is 2.29 bits per heavy atom. The van der Waals surface area contributed by atoms with Crippen LogP contribution in [0.1, 0.15) is 35.6 Å². The van der Waals surface area contributed by atoms with Gasteiger partial charge in [-0.25, -0.2) is 0 Å². The van der Waals surface area contributed by atoms with E-state index in [2.05, 4.69) is 34.6 Å². The fourth-order valence-corrected chi connectivity index (χ4v) is 3.00. The molecule has 0 aliphatic heterocycles. The van der Waals surface area contributed by atoms with E-state index in [0.717, 1.165) is 12.2 Å². The summed E-state index contributed by atoms with van der Waals surface area (Å²) in [5, 5.41) is 3.41. The number of aromatic nitrogens is 1. The van der Waals surface area contributed by atoms with Gasteiger partial charge >= 0.3 is 0 Å². The maximum atomic E-state index is 5.91. The van der Waals surface area contributed by atoms with Crippen LogP contribution in [-0.4, -0.2) is 18.6 Å². The van der Waals surface area contributed by atoms with Crippen molar-refractivity contribution in [3.05, 3.63) is 59.4 Å². The molecular formula is C18H22N2O. The topological polar surface area (TPSA) is 34.1 Å². The summed E-state index contributed by atoms with van der Waals surface area (Å²) in [5.41, 5.74) is 4.08. The lowest BCUT2D eigenvalue weighted by atomic mass is 9.87. The van der Waals surface area contributed by atoms with Crippen LogP contribution in [0, 0.1) is 0 Å². The molecule has 3 nitrogen and oxygen atoms in total. The van der Waals surface area contributed by atoms with E-state index in [0.29, 0.717) is 12.6 Å². The van der Waals surface area contributed by atoms with Gasteiger partial charge < -0.3 is 10.1 Å². The number of pyridine rings is 1. The number of nitrogens with one attached hydrogen (secondary N) is 1. The summed E-state index contributed by atoms with van der Waals surface area (Å²) >= 11 is 0. The van der Waals surface area contributed by atoms with E-state index < -0.39 is 0 Å². The van der Waals surface area contributed by atoms with Gasteiger partial charge in [0.1, 0.15) is 5.75 Å². The Morgan fingerprint density at radius 3 is 3.10 bits per heavy atom. The van der Waals surface area contributed by atoms with Crippen molar-refractivity contribution in [2.45, 2.75) is 31.7 Å². The second-order valence-electron chi connectivity index (χ2n) is 5.55. The minimum atomic E-state index is 0.468. The monoisotopic (exact) mass is 282 g/mol. The van der Waals surface area contributed by atoms with E-state index in [4.69, 9.17) is 4.74 Å². The summed E-state index contributed by atoms with van der Waals surface area (Å²) in [6.45, 7) is 0.689. The molecule has 1 N–H and O–H groups in total. The van der Waals surface area contributed by atoms with Crippen LogP contribution in [0.2, 0.25) is 0 Å². The van der Waals surface area contributed by atoms with Crippen LogP contribution < -0.4 is 10.1 Å². The molecule has 2 aromatic rings. The predicted octanol–water partition coefficient (Wildman–Crippen LogP) is 3.30. The minimum Gasteiger partial charge on any atom is -0.493 e. The van der Waals surface area contributed by atoms with E-state index >= 15 is 0 Å². The largest absolute Gasteiger partial charge is 0.493 e. The van der Waals surface area contributed by atoms with E-state index in [-0.39, 0.29) is 0 Å². The average Bonchev–Trinajstić information content (AvgIpc) is 2.55. The van der Waals surface area contributed by atoms with Gasteiger partial charge in [-0.1, -0.05) is 12.1 Å². The van der Waals surface area contributed by atoms with Crippen molar-refractivity contribution in [3.63, 3.8) is 0 Å². The van der Waals surface area contributed by atoms with Crippen LogP contribution in [0.15, 0.2) is 42.7 Å². The van der Waals surface area contributed by atoms with Crippen LogP contribution in [0.3, 0.4) is 0 Å². The molecule has 1 heterocycles. The molecule has 0 fully saturated rings. The van der Waals surface area contributed by atoms with Crippen LogP contribution in [-0.2, 0) is 12.8 Å². The van der Waals surface area contributed by atoms with Crippen molar-refractivity contribution in [2.24, 2.45) is 0 Å². The van der Waals surface area contributed by atoms with Crippen LogP contribution >= 0.6 is 0 Å². The molecule has 0 spiro atoms. The first-order valence-corrected chi connectivity index (χ1v) is 7.68. The van der Waals surface area contributed by atoms with Crippen molar-refractivity contribution in [1.82, 2.24) is 10.3 Å². The summed E-state index contributed by atoms with van der Waals surface area (Å²) in [4.78, 5) is 4.13.